The zero-order chi connectivity index (χ0) is 22.4. The molecule has 0 bridgehead atoms. The molecule has 0 unspecified atom stereocenters. The molecule has 179 valence electrons. The van der Waals surface area contributed by atoms with E-state index in [0.29, 0.717) is 5.91 Å². The summed E-state index contributed by atoms with van der Waals surface area (Å²) in [6, 6.07) is 0. The van der Waals surface area contributed by atoms with Crippen molar-refractivity contribution in [2.45, 2.75) is 79.6 Å². The molecule has 2 aliphatic heterocycles. The number of aldehydes is 1. The topological polar surface area (TPSA) is 43.9 Å². The van der Waals surface area contributed by atoms with Crippen LogP contribution >= 0.6 is 0 Å². The first-order chi connectivity index (χ1) is 14.7. The van der Waals surface area contributed by atoms with Gasteiger partial charge in [-0.15, -0.1) is 0 Å². The molecule has 2 saturated heterocycles. The van der Waals surface area contributed by atoms with E-state index in [0.717, 1.165) is 64.1 Å². The molecule has 5 nitrogen and oxygen atoms in total. The second-order valence-electron chi connectivity index (χ2n) is 8.79. The Morgan fingerprint density at radius 2 is 1.26 bits per heavy atom. The molecule has 31 heavy (non-hydrogen) atoms. The van der Waals surface area contributed by atoms with Gasteiger partial charge in [-0.25, -0.2) is 0 Å². The Balaban J connectivity index is 0.00000170. The number of carbonyl (C=O) groups is 2. The molecule has 0 N–H and O–H groups in total. The Labute approximate surface area is 217 Å². The minimum absolute atomic E-state index is 0. The molecule has 2 heterocycles. The zero-order valence-corrected chi connectivity index (χ0v) is 24.0. The van der Waals surface area contributed by atoms with E-state index in [4.69, 9.17) is 0 Å². The van der Waals surface area contributed by atoms with Crippen LogP contribution in [0.25, 0.3) is 0 Å². The number of piperidine rings is 1. The van der Waals surface area contributed by atoms with E-state index in [1.165, 1.54) is 45.4 Å². The van der Waals surface area contributed by atoms with Gasteiger partial charge in [-0.3, -0.25) is 9.69 Å². The van der Waals surface area contributed by atoms with Crippen LogP contribution in [0.2, 0.25) is 0 Å². The van der Waals surface area contributed by atoms with Crippen molar-refractivity contribution in [2.75, 3.05) is 52.4 Å². The maximum Gasteiger partial charge on any atom is 0.225 e. The van der Waals surface area contributed by atoms with Gasteiger partial charge in [0.1, 0.15) is 6.29 Å². The summed E-state index contributed by atoms with van der Waals surface area (Å²) >= 11 is 0. The van der Waals surface area contributed by atoms with Crippen molar-refractivity contribution in [2.24, 2.45) is 17.8 Å². The predicted octanol–water partition coefficient (Wildman–Crippen LogP) is 4.31. The third-order valence-electron chi connectivity index (χ3n) is 6.82. The van der Waals surface area contributed by atoms with Gasteiger partial charge in [-0.1, -0.05) is 34.6 Å². The maximum atomic E-state index is 12.7. The summed E-state index contributed by atoms with van der Waals surface area (Å²) < 4.78 is 0. The first-order valence-electron chi connectivity index (χ1n) is 12.8. The zero-order valence-electron chi connectivity index (χ0n) is 21.2. The summed E-state index contributed by atoms with van der Waals surface area (Å²) in [6.45, 7) is 19.1. The number of nitrogens with zero attached hydrogens (tertiary/aromatic N) is 3. The van der Waals surface area contributed by atoms with Crippen LogP contribution in [-0.2, 0) is 42.3 Å². The standard InChI is InChI=1S/C21H37N3O2.2C2H6.Y/c1-18-7-11-22(12-8-18)9-2-10-23-13-15-24(16-14-23)21(26)20-5-3-19(17-25)4-6-20;2*1-2;/h17-20H,2-16H2,1H3;2*1-2H3;. The maximum absolute atomic E-state index is 12.7. The van der Waals surface area contributed by atoms with E-state index in [2.05, 4.69) is 21.6 Å². The smallest absolute Gasteiger partial charge is 0.225 e. The van der Waals surface area contributed by atoms with E-state index in [-0.39, 0.29) is 44.5 Å². The Morgan fingerprint density at radius 1 is 0.774 bits per heavy atom. The van der Waals surface area contributed by atoms with Gasteiger partial charge in [0.25, 0.3) is 0 Å². The van der Waals surface area contributed by atoms with Gasteiger partial charge >= 0.3 is 0 Å². The van der Waals surface area contributed by atoms with E-state index in [9.17, 15) is 9.59 Å². The SMILES string of the molecule is CC.CC.CC1CCN(CCCN2CCN(C(=O)C3CCC(C=O)CC3)CC2)CC1.[Y]. The Morgan fingerprint density at radius 3 is 1.74 bits per heavy atom. The number of carbonyl (C=O) groups excluding carboxylic acids is 2. The van der Waals surface area contributed by atoms with Crippen molar-refractivity contribution < 1.29 is 42.3 Å². The third kappa shape index (κ3) is 11.2. The minimum Gasteiger partial charge on any atom is -0.340 e. The van der Waals surface area contributed by atoms with Crippen LogP contribution < -0.4 is 0 Å². The van der Waals surface area contributed by atoms with Crippen LogP contribution in [0, 0.1) is 17.8 Å². The largest absolute Gasteiger partial charge is 0.340 e. The van der Waals surface area contributed by atoms with Crippen molar-refractivity contribution in [1.29, 1.82) is 0 Å². The van der Waals surface area contributed by atoms with Gasteiger partial charge in [0.15, 0.2) is 0 Å². The average molecular weight is 513 g/mol. The second kappa shape index (κ2) is 18.6. The van der Waals surface area contributed by atoms with Crippen molar-refractivity contribution >= 4 is 12.2 Å². The molecule has 6 heteroatoms. The van der Waals surface area contributed by atoms with E-state index in [1.54, 1.807) is 0 Å². The monoisotopic (exact) mass is 512 g/mol. The van der Waals surface area contributed by atoms with E-state index >= 15 is 0 Å². The molecule has 1 saturated carbocycles. The van der Waals surface area contributed by atoms with Gasteiger partial charge in [0.2, 0.25) is 5.91 Å². The van der Waals surface area contributed by atoms with Gasteiger partial charge in [0.05, 0.1) is 0 Å². The predicted molar refractivity (Wildman–Crippen MR) is 127 cm³/mol. The molecule has 1 amide bonds. The average Bonchev–Trinajstić information content (AvgIpc) is 2.83. The van der Waals surface area contributed by atoms with Crippen molar-refractivity contribution in [1.82, 2.24) is 14.7 Å². The van der Waals surface area contributed by atoms with Crippen LogP contribution in [0.1, 0.15) is 79.6 Å². The molecule has 0 spiro atoms. The molecule has 1 radical (unpaired) electrons. The Bertz CT molecular complexity index is 454. The summed E-state index contributed by atoms with van der Waals surface area (Å²) in [4.78, 5) is 30.8. The van der Waals surface area contributed by atoms with Crippen LogP contribution in [0.3, 0.4) is 0 Å². The van der Waals surface area contributed by atoms with Crippen molar-refractivity contribution in [3.8, 4) is 0 Å². The van der Waals surface area contributed by atoms with Gasteiger partial charge < -0.3 is 14.6 Å². The summed E-state index contributed by atoms with van der Waals surface area (Å²) in [5.74, 6) is 1.61. The molecular weight excluding hydrogens is 463 g/mol. The summed E-state index contributed by atoms with van der Waals surface area (Å²) in [5, 5.41) is 0. The molecular formula is C25H49N3O2Y. The number of hydrogen-bond acceptors (Lipinski definition) is 4. The second-order valence-corrected chi connectivity index (χ2v) is 8.79. The summed E-state index contributed by atoms with van der Waals surface area (Å²) in [7, 11) is 0. The van der Waals surface area contributed by atoms with Crippen LogP contribution in [0.4, 0.5) is 0 Å². The quantitative estimate of drug-likeness (QED) is 0.498. The normalized spacial score (nSPS) is 25.3. The van der Waals surface area contributed by atoms with E-state index < -0.39 is 0 Å². The van der Waals surface area contributed by atoms with Crippen molar-refractivity contribution in [3.05, 3.63) is 0 Å². The number of piperazine rings is 1. The first-order valence-corrected chi connectivity index (χ1v) is 12.8. The molecule has 0 aromatic rings. The Hall–Kier alpha value is 0.164. The van der Waals surface area contributed by atoms with Crippen molar-refractivity contribution in [3.63, 3.8) is 0 Å². The molecule has 3 aliphatic rings. The van der Waals surface area contributed by atoms with Gasteiger partial charge in [-0.05, 0) is 77.0 Å². The molecule has 0 aromatic carbocycles. The van der Waals surface area contributed by atoms with Crippen LogP contribution in [-0.4, -0.2) is 79.3 Å². The fraction of sp³-hybridized carbons (Fsp3) is 0.920. The Kier molecular flexibility index (Phi) is 18.7. The first kappa shape index (κ1) is 31.2. The summed E-state index contributed by atoms with van der Waals surface area (Å²) in [6.07, 6.45) is 8.63. The molecule has 0 aromatic heterocycles. The third-order valence-corrected chi connectivity index (χ3v) is 6.82. The minimum atomic E-state index is 0. The summed E-state index contributed by atoms with van der Waals surface area (Å²) in [5.41, 5.74) is 0. The van der Waals surface area contributed by atoms with Gasteiger partial charge in [0, 0.05) is 70.7 Å². The fourth-order valence-corrected chi connectivity index (χ4v) is 4.76. The molecule has 1 aliphatic carbocycles. The number of rotatable bonds is 6. The fourth-order valence-electron chi connectivity index (χ4n) is 4.76. The molecule has 3 rings (SSSR count). The van der Waals surface area contributed by atoms with E-state index in [1.807, 2.05) is 27.7 Å². The van der Waals surface area contributed by atoms with Crippen LogP contribution in [0.5, 0.6) is 0 Å². The number of likely N-dealkylation sites (tertiary alicyclic amines) is 1. The van der Waals surface area contributed by atoms with Gasteiger partial charge in [-0.2, -0.15) is 0 Å². The molecule has 3 fully saturated rings. The van der Waals surface area contributed by atoms with Crippen LogP contribution in [0.15, 0.2) is 0 Å². The number of hydrogen-bond donors (Lipinski definition) is 0. The number of amides is 1. The molecule has 0 atom stereocenters.